The van der Waals surface area contributed by atoms with Gasteiger partial charge in [0.1, 0.15) is 0 Å². The lowest BCUT2D eigenvalue weighted by Crippen LogP contribution is -2.19. The van der Waals surface area contributed by atoms with E-state index in [1.165, 1.54) is 5.56 Å². The first-order valence-corrected chi connectivity index (χ1v) is 6.11. The van der Waals surface area contributed by atoms with E-state index in [9.17, 15) is 0 Å². The van der Waals surface area contributed by atoms with Crippen LogP contribution in [0.5, 0.6) is 0 Å². The topological polar surface area (TPSA) is 20.2 Å². The molecule has 1 unspecified atom stereocenters. The molecule has 0 fully saturated rings. The minimum atomic E-state index is 0.191. The summed E-state index contributed by atoms with van der Waals surface area (Å²) in [6, 6.07) is 8.39. The Hall–Kier alpha value is -0.340. The van der Waals surface area contributed by atoms with Crippen LogP contribution in [0, 0.1) is 5.41 Å². The third kappa shape index (κ3) is 3.62. The van der Waals surface area contributed by atoms with Crippen LogP contribution in [0.25, 0.3) is 0 Å². The summed E-state index contributed by atoms with van der Waals surface area (Å²) in [5, 5.41) is 9.11. The van der Waals surface area contributed by atoms with Gasteiger partial charge in [-0.2, -0.15) is 0 Å². The minimum Gasteiger partial charge on any atom is -0.396 e. The number of aliphatic hydroxyl groups excluding tert-OH is 1. The summed E-state index contributed by atoms with van der Waals surface area (Å²) in [7, 11) is 0. The van der Waals surface area contributed by atoms with Gasteiger partial charge in [-0.3, -0.25) is 0 Å². The molecule has 2 heteroatoms. The van der Waals surface area contributed by atoms with Crippen molar-refractivity contribution in [3.63, 3.8) is 0 Å². The van der Waals surface area contributed by atoms with Crippen LogP contribution < -0.4 is 0 Å². The second-order valence-corrected chi connectivity index (χ2v) is 5.90. The van der Waals surface area contributed by atoms with E-state index in [0.717, 1.165) is 10.9 Å². The Morgan fingerprint density at radius 3 is 2.13 bits per heavy atom. The fraction of sp³-hybridized carbons (Fsp3) is 0.538. The van der Waals surface area contributed by atoms with Crippen molar-refractivity contribution < 1.29 is 5.11 Å². The highest BCUT2D eigenvalue weighted by Gasteiger charge is 2.25. The second-order valence-electron chi connectivity index (χ2n) is 4.98. The summed E-state index contributed by atoms with van der Waals surface area (Å²) >= 11 is 3.43. The molecule has 0 aliphatic heterocycles. The van der Waals surface area contributed by atoms with E-state index in [2.05, 4.69) is 61.0 Å². The van der Waals surface area contributed by atoms with Gasteiger partial charge < -0.3 is 5.11 Å². The van der Waals surface area contributed by atoms with Crippen LogP contribution in [0.15, 0.2) is 28.7 Å². The van der Waals surface area contributed by atoms with Gasteiger partial charge in [-0.15, -0.1) is 0 Å². The number of benzene rings is 1. The molecule has 0 saturated carbocycles. The van der Waals surface area contributed by atoms with Crippen molar-refractivity contribution in [2.75, 3.05) is 6.61 Å². The second kappa shape index (κ2) is 5.13. The first-order valence-electron chi connectivity index (χ1n) is 5.31. The lowest BCUT2D eigenvalue weighted by Gasteiger charge is -2.30. The molecule has 1 atom stereocenters. The molecular formula is C13H19BrO. The summed E-state index contributed by atoms with van der Waals surface area (Å²) in [5.41, 5.74) is 1.50. The maximum absolute atomic E-state index is 9.11. The lowest BCUT2D eigenvalue weighted by atomic mass is 9.75. The predicted molar refractivity (Wildman–Crippen MR) is 68.0 cm³/mol. The first-order chi connectivity index (χ1) is 6.95. The molecule has 0 amide bonds. The Labute approximate surface area is 101 Å². The molecule has 0 spiro atoms. The molecule has 0 aliphatic carbocycles. The van der Waals surface area contributed by atoms with Gasteiger partial charge in [-0.05, 0) is 35.4 Å². The smallest absolute Gasteiger partial charge is 0.0437 e. The summed E-state index contributed by atoms with van der Waals surface area (Å²) in [4.78, 5) is 0. The number of hydrogen-bond acceptors (Lipinski definition) is 1. The maximum Gasteiger partial charge on any atom is 0.0437 e. The molecule has 1 N–H and O–H groups in total. The third-order valence-corrected chi connectivity index (χ3v) is 3.26. The highest BCUT2D eigenvalue weighted by molar-refractivity contribution is 9.10. The van der Waals surface area contributed by atoms with Gasteiger partial charge in [0.25, 0.3) is 0 Å². The van der Waals surface area contributed by atoms with Crippen molar-refractivity contribution in [1.29, 1.82) is 0 Å². The quantitative estimate of drug-likeness (QED) is 0.882. The monoisotopic (exact) mass is 270 g/mol. The number of aliphatic hydroxyl groups is 1. The summed E-state index contributed by atoms with van der Waals surface area (Å²) in [6.07, 6.45) is 0.825. The van der Waals surface area contributed by atoms with Gasteiger partial charge in [0.15, 0.2) is 0 Å². The number of rotatable bonds is 3. The Morgan fingerprint density at radius 2 is 1.73 bits per heavy atom. The zero-order valence-electron chi connectivity index (χ0n) is 9.63. The van der Waals surface area contributed by atoms with Gasteiger partial charge >= 0.3 is 0 Å². The highest BCUT2D eigenvalue weighted by atomic mass is 79.9. The van der Waals surface area contributed by atoms with Gasteiger partial charge in [-0.1, -0.05) is 48.8 Å². The molecule has 0 saturated heterocycles. The van der Waals surface area contributed by atoms with E-state index in [-0.39, 0.29) is 12.0 Å². The largest absolute Gasteiger partial charge is 0.396 e. The molecule has 0 radical (unpaired) electrons. The van der Waals surface area contributed by atoms with E-state index in [4.69, 9.17) is 5.11 Å². The normalized spacial score (nSPS) is 13.9. The third-order valence-electron chi connectivity index (χ3n) is 2.74. The number of hydrogen-bond donors (Lipinski definition) is 1. The lowest BCUT2D eigenvalue weighted by molar-refractivity contribution is 0.223. The Morgan fingerprint density at radius 1 is 1.20 bits per heavy atom. The molecule has 15 heavy (non-hydrogen) atoms. The van der Waals surface area contributed by atoms with Crippen LogP contribution in [0.1, 0.15) is 38.7 Å². The van der Waals surface area contributed by atoms with Crippen molar-refractivity contribution in [1.82, 2.24) is 0 Å². The van der Waals surface area contributed by atoms with Crippen molar-refractivity contribution in [2.24, 2.45) is 5.41 Å². The fourth-order valence-corrected chi connectivity index (χ4v) is 2.19. The predicted octanol–water partition coefficient (Wildman–Crippen LogP) is 3.96. The van der Waals surface area contributed by atoms with E-state index >= 15 is 0 Å². The van der Waals surface area contributed by atoms with Gasteiger partial charge in [0.2, 0.25) is 0 Å². The van der Waals surface area contributed by atoms with Gasteiger partial charge in [0, 0.05) is 11.1 Å². The van der Waals surface area contributed by atoms with Crippen LogP contribution in [0.4, 0.5) is 0 Å². The summed E-state index contributed by atoms with van der Waals surface area (Å²) in [5.74, 6) is 0.413. The number of halogens is 1. The Kier molecular flexibility index (Phi) is 4.35. The molecule has 1 aromatic carbocycles. The van der Waals surface area contributed by atoms with Crippen LogP contribution in [-0.2, 0) is 0 Å². The Bertz CT molecular complexity index is 297. The minimum absolute atomic E-state index is 0.191. The molecule has 1 aromatic rings. The summed E-state index contributed by atoms with van der Waals surface area (Å²) < 4.78 is 1.10. The van der Waals surface area contributed by atoms with Crippen LogP contribution in [0.2, 0.25) is 0 Å². The molecule has 0 heterocycles. The Balaban J connectivity index is 2.94. The first kappa shape index (κ1) is 12.7. The van der Waals surface area contributed by atoms with E-state index in [1.807, 2.05) is 0 Å². The molecule has 0 bridgehead atoms. The zero-order chi connectivity index (χ0) is 11.5. The van der Waals surface area contributed by atoms with Crippen LogP contribution >= 0.6 is 15.9 Å². The standard InChI is InChI=1S/C13H19BrO/c1-13(2,3)12(8-9-15)10-4-6-11(14)7-5-10/h4-7,12,15H,8-9H2,1-3H3. The van der Waals surface area contributed by atoms with Crippen molar-refractivity contribution in [3.05, 3.63) is 34.3 Å². The summed E-state index contributed by atoms with van der Waals surface area (Å²) in [6.45, 7) is 6.90. The average molecular weight is 271 g/mol. The average Bonchev–Trinajstić information content (AvgIpc) is 2.14. The molecule has 0 aliphatic rings. The van der Waals surface area contributed by atoms with Crippen molar-refractivity contribution in [2.45, 2.75) is 33.1 Å². The van der Waals surface area contributed by atoms with Crippen LogP contribution in [-0.4, -0.2) is 11.7 Å². The highest BCUT2D eigenvalue weighted by Crippen LogP contribution is 2.37. The van der Waals surface area contributed by atoms with E-state index in [0.29, 0.717) is 5.92 Å². The van der Waals surface area contributed by atoms with E-state index < -0.39 is 0 Å². The van der Waals surface area contributed by atoms with E-state index in [1.54, 1.807) is 0 Å². The van der Waals surface area contributed by atoms with Crippen molar-refractivity contribution in [3.8, 4) is 0 Å². The van der Waals surface area contributed by atoms with Gasteiger partial charge in [0.05, 0.1) is 0 Å². The molecule has 1 nitrogen and oxygen atoms in total. The maximum atomic E-state index is 9.11. The zero-order valence-corrected chi connectivity index (χ0v) is 11.2. The van der Waals surface area contributed by atoms with Crippen LogP contribution in [0.3, 0.4) is 0 Å². The molecule has 0 aromatic heterocycles. The SMILES string of the molecule is CC(C)(C)C(CCO)c1ccc(Br)cc1. The molecule has 84 valence electrons. The molecular weight excluding hydrogens is 252 g/mol. The van der Waals surface area contributed by atoms with Gasteiger partial charge in [-0.25, -0.2) is 0 Å². The fourth-order valence-electron chi connectivity index (χ4n) is 1.92. The molecule has 1 rings (SSSR count). The van der Waals surface area contributed by atoms with Crippen molar-refractivity contribution >= 4 is 15.9 Å².